The van der Waals surface area contributed by atoms with Gasteiger partial charge in [-0.05, 0) is 36.3 Å². The standard InChI is InChI=1S/C27H28Cl2N2O6/c28-17-6-5-15(20(29)11-17)13-31(27(35)16-7-10-36-14-16)21-12-19(26(34)30-8-9-32)23-18-3-1-2-4-22(18)37-25(23)24(21)33/h1-6,11-12,16,21,23-25,32-33H,7-10,13-14H2,(H,30,34). The molecule has 0 bridgehead atoms. The van der Waals surface area contributed by atoms with E-state index in [-0.39, 0.29) is 44.0 Å². The van der Waals surface area contributed by atoms with Crippen LogP contribution in [0, 0.1) is 5.92 Å². The zero-order chi connectivity index (χ0) is 26.1. The van der Waals surface area contributed by atoms with Gasteiger partial charge in [0.05, 0.1) is 31.1 Å². The number of hydrogen-bond donors (Lipinski definition) is 3. The van der Waals surface area contributed by atoms with Crippen molar-refractivity contribution in [3.63, 3.8) is 0 Å². The monoisotopic (exact) mass is 546 g/mol. The molecule has 2 aromatic rings. The Balaban J connectivity index is 1.57. The third kappa shape index (κ3) is 5.09. The zero-order valence-electron chi connectivity index (χ0n) is 20.0. The second kappa shape index (κ2) is 11.0. The molecular formula is C27H28Cl2N2O6. The van der Waals surface area contributed by atoms with Gasteiger partial charge < -0.3 is 29.9 Å². The fourth-order valence-electron chi connectivity index (χ4n) is 5.32. The van der Waals surface area contributed by atoms with Crippen LogP contribution in [0.4, 0.5) is 0 Å². The number of aliphatic hydroxyl groups excluding tert-OH is 2. The summed E-state index contributed by atoms with van der Waals surface area (Å²) in [5, 5.41) is 24.5. The second-order valence-electron chi connectivity index (χ2n) is 9.44. The van der Waals surface area contributed by atoms with E-state index in [1.165, 1.54) is 0 Å². The molecule has 2 aromatic carbocycles. The molecule has 5 atom stereocenters. The summed E-state index contributed by atoms with van der Waals surface area (Å²) in [4.78, 5) is 28.6. The number of ether oxygens (including phenoxy) is 2. The minimum Gasteiger partial charge on any atom is -0.486 e. The Morgan fingerprint density at radius 1 is 1.16 bits per heavy atom. The van der Waals surface area contributed by atoms with E-state index in [1.54, 1.807) is 35.2 Å². The minimum atomic E-state index is -1.12. The van der Waals surface area contributed by atoms with E-state index in [0.717, 1.165) is 5.56 Å². The summed E-state index contributed by atoms with van der Waals surface area (Å²) in [5.74, 6) is -0.902. The Labute approximate surface area is 224 Å². The highest BCUT2D eigenvalue weighted by Gasteiger charge is 2.51. The highest BCUT2D eigenvalue weighted by molar-refractivity contribution is 6.35. The van der Waals surface area contributed by atoms with E-state index in [1.807, 2.05) is 18.2 Å². The Morgan fingerprint density at radius 2 is 1.97 bits per heavy atom. The molecule has 2 aliphatic heterocycles. The van der Waals surface area contributed by atoms with Crippen LogP contribution in [0.25, 0.3) is 0 Å². The SMILES string of the molecule is O=C(NCCO)C1=CC(N(Cc2ccc(Cl)cc2Cl)C(=O)C2CCOC2)C(O)C2Oc3ccccc3C12. The molecule has 37 heavy (non-hydrogen) atoms. The van der Waals surface area contributed by atoms with Crippen LogP contribution in [0.1, 0.15) is 23.5 Å². The van der Waals surface area contributed by atoms with Crippen LogP contribution in [-0.4, -0.2) is 71.5 Å². The molecule has 1 fully saturated rings. The van der Waals surface area contributed by atoms with Crippen LogP contribution in [0.2, 0.25) is 10.0 Å². The van der Waals surface area contributed by atoms with Crippen molar-refractivity contribution >= 4 is 35.0 Å². The van der Waals surface area contributed by atoms with Crippen molar-refractivity contribution in [1.82, 2.24) is 10.2 Å². The number of benzene rings is 2. The van der Waals surface area contributed by atoms with E-state index >= 15 is 0 Å². The van der Waals surface area contributed by atoms with Crippen molar-refractivity contribution in [3.05, 3.63) is 75.3 Å². The van der Waals surface area contributed by atoms with Gasteiger partial charge >= 0.3 is 0 Å². The predicted molar refractivity (Wildman–Crippen MR) is 138 cm³/mol. The fourth-order valence-corrected chi connectivity index (χ4v) is 5.79. The number of carbonyl (C=O) groups excluding carboxylic acids is 2. The van der Waals surface area contributed by atoms with Crippen LogP contribution in [-0.2, 0) is 20.9 Å². The molecule has 3 N–H and O–H groups in total. The maximum Gasteiger partial charge on any atom is 0.247 e. The lowest BCUT2D eigenvalue weighted by Crippen LogP contribution is -2.56. The number of amides is 2. The van der Waals surface area contributed by atoms with E-state index in [0.29, 0.717) is 40.0 Å². The lowest BCUT2D eigenvalue weighted by Gasteiger charge is -2.41. The average molecular weight is 547 g/mol. The van der Waals surface area contributed by atoms with Crippen LogP contribution in [0.3, 0.4) is 0 Å². The number of nitrogens with one attached hydrogen (secondary N) is 1. The Bertz CT molecular complexity index is 1220. The molecule has 10 heteroatoms. The van der Waals surface area contributed by atoms with Crippen molar-refractivity contribution in [2.24, 2.45) is 5.92 Å². The molecule has 2 amide bonds. The maximum absolute atomic E-state index is 13.8. The van der Waals surface area contributed by atoms with Crippen molar-refractivity contribution < 1.29 is 29.3 Å². The van der Waals surface area contributed by atoms with Gasteiger partial charge in [0, 0.05) is 40.9 Å². The first kappa shape index (κ1) is 26.0. The summed E-state index contributed by atoms with van der Waals surface area (Å²) in [5.41, 5.74) is 1.82. The smallest absolute Gasteiger partial charge is 0.247 e. The lowest BCUT2D eigenvalue weighted by atomic mass is 9.77. The number of aliphatic hydroxyl groups is 2. The molecule has 196 valence electrons. The third-order valence-electron chi connectivity index (χ3n) is 7.15. The van der Waals surface area contributed by atoms with Gasteiger partial charge in [-0.25, -0.2) is 0 Å². The van der Waals surface area contributed by atoms with Crippen LogP contribution >= 0.6 is 23.2 Å². The number of fused-ring (bicyclic) bond motifs is 3. The van der Waals surface area contributed by atoms with Crippen molar-refractivity contribution in [3.8, 4) is 5.75 Å². The van der Waals surface area contributed by atoms with Gasteiger partial charge in [-0.15, -0.1) is 0 Å². The molecular weight excluding hydrogens is 519 g/mol. The van der Waals surface area contributed by atoms with Crippen molar-refractivity contribution in [2.45, 2.75) is 37.1 Å². The average Bonchev–Trinajstić information content (AvgIpc) is 3.56. The predicted octanol–water partition coefficient (Wildman–Crippen LogP) is 2.68. The van der Waals surface area contributed by atoms with Crippen molar-refractivity contribution in [2.75, 3.05) is 26.4 Å². The molecule has 0 saturated carbocycles. The number of carbonyl (C=O) groups is 2. The molecule has 3 aliphatic rings. The zero-order valence-corrected chi connectivity index (χ0v) is 21.5. The lowest BCUT2D eigenvalue weighted by molar-refractivity contribution is -0.142. The van der Waals surface area contributed by atoms with E-state index < -0.39 is 24.2 Å². The number of hydrogen-bond acceptors (Lipinski definition) is 6. The number of halogens is 2. The number of nitrogens with zero attached hydrogens (tertiary/aromatic N) is 1. The van der Waals surface area contributed by atoms with E-state index in [9.17, 15) is 19.8 Å². The summed E-state index contributed by atoms with van der Waals surface area (Å²) in [6.07, 6.45) is 0.317. The molecule has 0 aromatic heterocycles. The summed E-state index contributed by atoms with van der Waals surface area (Å²) < 4.78 is 11.6. The van der Waals surface area contributed by atoms with Crippen molar-refractivity contribution in [1.29, 1.82) is 0 Å². The second-order valence-corrected chi connectivity index (χ2v) is 10.3. The first-order chi connectivity index (χ1) is 17.9. The van der Waals surface area contributed by atoms with Crippen LogP contribution in [0.5, 0.6) is 5.75 Å². The van der Waals surface area contributed by atoms with Gasteiger partial charge in [0.1, 0.15) is 18.0 Å². The van der Waals surface area contributed by atoms with Gasteiger partial charge in [0.15, 0.2) is 0 Å². The first-order valence-electron chi connectivity index (χ1n) is 12.3. The summed E-state index contributed by atoms with van der Waals surface area (Å²) in [7, 11) is 0. The van der Waals surface area contributed by atoms with Gasteiger partial charge in [0.2, 0.25) is 11.8 Å². The summed E-state index contributed by atoms with van der Waals surface area (Å²) in [6, 6.07) is 11.5. The van der Waals surface area contributed by atoms with Gasteiger partial charge in [-0.2, -0.15) is 0 Å². The fraction of sp³-hybridized carbons (Fsp3) is 0.407. The molecule has 5 rings (SSSR count). The Kier molecular flexibility index (Phi) is 7.74. The Morgan fingerprint density at radius 3 is 2.70 bits per heavy atom. The normalized spacial score (nSPS) is 26.1. The third-order valence-corrected chi connectivity index (χ3v) is 7.74. The quantitative estimate of drug-likeness (QED) is 0.492. The van der Waals surface area contributed by atoms with Gasteiger partial charge in [-0.1, -0.05) is 47.5 Å². The molecule has 1 aliphatic carbocycles. The summed E-state index contributed by atoms with van der Waals surface area (Å²) >= 11 is 12.5. The largest absolute Gasteiger partial charge is 0.486 e. The molecule has 5 unspecified atom stereocenters. The van der Waals surface area contributed by atoms with Crippen LogP contribution < -0.4 is 10.1 Å². The number of para-hydroxylation sites is 1. The minimum absolute atomic E-state index is 0.0751. The molecule has 1 saturated heterocycles. The highest BCUT2D eigenvalue weighted by Crippen LogP contribution is 2.47. The number of rotatable bonds is 7. The Hall–Kier alpha value is -2.62. The van der Waals surface area contributed by atoms with Gasteiger partial charge in [-0.3, -0.25) is 9.59 Å². The topological polar surface area (TPSA) is 108 Å². The van der Waals surface area contributed by atoms with Crippen LogP contribution in [0.15, 0.2) is 54.1 Å². The van der Waals surface area contributed by atoms with E-state index in [4.69, 9.17) is 32.7 Å². The summed E-state index contributed by atoms with van der Waals surface area (Å²) in [6.45, 7) is 0.722. The molecule has 2 heterocycles. The van der Waals surface area contributed by atoms with E-state index in [2.05, 4.69) is 5.32 Å². The first-order valence-corrected chi connectivity index (χ1v) is 13.0. The molecule has 8 nitrogen and oxygen atoms in total. The van der Waals surface area contributed by atoms with Gasteiger partial charge in [0.25, 0.3) is 0 Å². The molecule has 0 radical (unpaired) electrons. The molecule has 0 spiro atoms. The highest BCUT2D eigenvalue weighted by atomic mass is 35.5. The maximum atomic E-state index is 13.8.